The van der Waals surface area contributed by atoms with Gasteiger partial charge in [-0.1, -0.05) is 78.9 Å². The molecule has 0 saturated heterocycles. The third kappa shape index (κ3) is 5.72. The van der Waals surface area contributed by atoms with Gasteiger partial charge in [0.2, 0.25) is 0 Å². The van der Waals surface area contributed by atoms with E-state index in [4.69, 9.17) is 4.74 Å². The molecule has 1 amide bonds. The Morgan fingerprint density at radius 3 is 2.24 bits per heavy atom. The van der Waals surface area contributed by atoms with E-state index in [0.717, 1.165) is 24.2 Å². The average molecular weight is 449 g/mol. The fourth-order valence-electron chi connectivity index (χ4n) is 4.12. The summed E-state index contributed by atoms with van der Waals surface area (Å²) in [5.41, 5.74) is 5.06. The maximum Gasteiger partial charge on any atom is 0.255 e. The molecular formula is C30H28N2O2. The molecule has 1 saturated carbocycles. The van der Waals surface area contributed by atoms with E-state index in [1.54, 1.807) is 12.1 Å². The van der Waals surface area contributed by atoms with Gasteiger partial charge in [-0.05, 0) is 53.4 Å². The third-order valence-corrected chi connectivity index (χ3v) is 6.14. The van der Waals surface area contributed by atoms with Gasteiger partial charge < -0.3 is 15.4 Å². The molecule has 0 spiro atoms. The standard InChI is InChI=1S/C30H28N2O2/c33-30(25-12-7-13-27(18-25)34-21-23-10-5-2-6-11-23)32-26-16-14-24(15-17-26)28-19-29(28)31-20-22-8-3-1-4-9-22/h1-18,28-29,31H,19-21H2,(H,32,33)/t28-,29+/m0/s1. The molecule has 0 aromatic heterocycles. The summed E-state index contributed by atoms with van der Waals surface area (Å²) in [6.07, 6.45) is 1.15. The highest BCUT2D eigenvalue weighted by Crippen LogP contribution is 2.41. The van der Waals surface area contributed by atoms with Gasteiger partial charge in [0.1, 0.15) is 12.4 Å². The predicted molar refractivity (Wildman–Crippen MR) is 136 cm³/mol. The first kappa shape index (κ1) is 21.9. The lowest BCUT2D eigenvalue weighted by Gasteiger charge is -2.10. The Labute approximate surface area is 200 Å². The third-order valence-electron chi connectivity index (χ3n) is 6.14. The number of nitrogens with one attached hydrogen (secondary N) is 2. The van der Waals surface area contributed by atoms with E-state index in [2.05, 4.69) is 47.0 Å². The van der Waals surface area contributed by atoms with Crippen LogP contribution in [0.2, 0.25) is 0 Å². The Morgan fingerprint density at radius 2 is 1.50 bits per heavy atom. The van der Waals surface area contributed by atoms with Crippen molar-refractivity contribution in [1.29, 1.82) is 0 Å². The monoisotopic (exact) mass is 448 g/mol. The van der Waals surface area contributed by atoms with Crippen molar-refractivity contribution in [3.63, 3.8) is 0 Å². The van der Waals surface area contributed by atoms with Gasteiger partial charge in [0.05, 0.1) is 0 Å². The van der Waals surface area contributed by atoms with E-state index in [0.29, 0.717) is 29.9 Å². The maximum absolute atomic E-state index is 12.8. The van der Waals surface area contributed by atoms with Crippen LogP contribution in [0.4, 0.5) is 5.69 Å². The Hall–Kier alpha value is -3.89. The molecule has 0 bridgehead atoms. The minimum absolute atomic E-state index is 0.147. The van der Waals surface area contributed by atoms with Crippen molar-refractivity contribution < 1.29 is 9.53 Å². The topological polar surface area (TPSA) is 50.4 Å². The number of carbonyl (C=O) groups excluding carboxylic acids is 1. The molecule has 0 unspecified atom stereocenters. The molecule has 34 heavy (non-hydrogen) atoms. The van der Waals surface area contributed by atoms with Gasteiger partial charge in [-0.3, -0.25) is 4.79 Å². The summed E-state index contributed by atoms with van der Waals surface area (Å²) < 4.78 is 5.85. The van der Waals surface area contributed by atoms with Gasteiger partial charge in [-0.25, -0.2) is 0 Å². The van der Waals surface area contributed by atoms with Crippen molar-refractivity contribution in [1.82, 2.24) is 5.32 Å². The molecule has 170 valence electrons. The van der Waals surface area contributed by atoms with Crippen LogP contribution in [0.25, 0.3) is 0 Å². The Kier molecular flexibility index (Phi) is 6.68. The maximum atomic E-state index is 12.8. The number of anilines is 1. The van der Waals surface area contributed by atoms with Gasteiger partial charge in [-0.15, -0.1) is 0 Å². The van der Waals surface area contributed by atoms with Gasteiger partial charge in [-0.2, -0.15) is 0 Å². The molecule has 4 aromatic carbocycles. The molecule has 4 heteroatoms. The van der Waals surface area contributed by atoms with E-state index in [-0.39, 0.29) is 5.91 Å². The van der Waals surface area contributed by atoms with Gasteiger partial charge in [0.25, 0.3) is 5.91 Å². The van der Waals surface area contributed by atoms with Crippen LogP contribution in [0.5, 0.6) is 5.75 Å². The second-order valence-corrected chi connectivity index (χ2v) is 8.69. The van der Waals surface area contributed by atoms with Crippen LogP contribution in [0.3, 0.4) is 0 Å². The highest BCUT2D eigenvalue weighted by Gasteiger charge is 2.37. The number of amides is 1. The van der Waals surface area contributed by atoms with Crippen molar-refractivity contribution in [3.8, 4) is 5.75 Å². The second-order valence-electron chi connectivity index (χ2n) is 8.69. The zero-order valence-electron chi connectivity index (χ0n) is 19.0. The first-order valence-corrected chi connectivity index (χ1v) is 11.7. The van der Waals surface area contributed by atoms with Crippen molar-refractivity contribution in [3.05, 3.63) is 131 Å². The van der Waals surface area contributed by atoms with Crippen LogP contribution in [0.1, 0.15) is 39.4 Å². The van der Waals surface area contributed by atoms with Crippen molar-refractivity contribution in [2.75, 3.05) is 5.32 Å². The summed E-state index contributed by atoms with van der Waals surface area (Å²) >= 11 is 0. The van der Waals surface area contributed by atoms with Crippen LogP contribution >= 0.6 is 0 Å². The Morgan fingerprint density at radius 1 is 0.794 bits per heavy atom. The summed E-state index contributed by atoms with van der Waals surface area (Å²) in [5, 5.41) is 6.63. The lowest BCUT2D eigenvalue weighted by atomic mass is 10.1. The van der Waals surface area contributed by atoms with E-state index in [1.165, 1.54) is 11.1 Å². The normalized spacial score (nSPS) is 16.6. The molecule has 0 aliphatic heterocycles. The smallest absolute Gasteiger partial charge is 0.255 e. The molecule has 5 rings (SSSR count). The van der Waals surface area contributed by atoms with Crippen LogP contribution < -0.4 is 15.4 Å². The molecular weight excluding hydrogens is 420 g/mol. The quantitative estimate of drug-likeness (QED) is 0.322. The van der Waals surface area contributed by atoms with Gasteiger partial charge in [0, 0.05) is 29.8 Å². The highest BCUT2D eigenvalue weighted by molar-refractivity contribution is 6.04. The zero-order valence-corrected chi connectivity index (χ0v) is 19.0. The molecule has 1 aliphatic carbocycles. The first-order chi connectivity index (χ1) is 16.7. The number of benzene rings is 4. The summed E-state index contributed by atoms with van der Waals surface area (Å²) in [5.74, 6) is 1.06. The number of hydrogen-bond acceptors (Lipinski definition) is 3. The molecule has 4 aromatic rings. The first-order valence-electron chi connectivity index (χ1n) is 11.7. The van der Waals surface area contributed by atoms with E-state index in [9.17, 15) is 4.79 Å². The lowest BCUT2D eigenvalue weighted by molar-refractivity contribution is 0.102. The number of ether oxygens (including phenoxy) is 1. The molecule has 1 aliphatic rings. The Balaban J connectivity index is 1.13. The van der Waals surface area contributed by atoms with Gasteiger partial charge >= 0.3 is 0 Å². The largest absolute Gasteiger partial charge is 0.489 e. The number of carbonyl (C=O) groups is 1. The molecule has 0 radical (unpaired) electrons. The SMILES string of the molecule is O=C(Nc1ccc([C@@H]2C[C@H]2NCc2ccccc2)cc1)c1cccc(OCc2ccccc2)c1. The fourth-order valence-corrected chi connectivity index (χ4v) is 4.12. The predicted octanol–water partition coefficient (Wildman–Crippen LogP) is 6.16. The lowest BCUT2D eigenvalue weighted by Crippen LogP contribution is -2.17. The molecule has 0 heterocycles. The van der Waals surface area contributed by atoms with Crippen LogP contribution in [0, 0.1) is 0 Å². The molecule has 4 nitrogen and oxygen atoms in total. The van der Waals surface area contributed by atoms with Crippen LogP contribution in [-0.4, -0.2) is 11.9 Å². The highest BCUT2D eigenvalue weighted by atomic mass is 16.5. The molecule has 1 fully saturated rings. The van der Waals surface area contributed by atoms with Crippen molar-refractivity contribution in [2.45, 2.75) is 31.5 Å². The van der Waals surface area contributed by atoms with Gasteiger partial charge in [0.15, 0.2) is 0 Å². The fraction of sp³-hybridized carbons (Fsp3) is 0.167. The van der Waals surface area contributed by atoms with Crippen molar-refractivity contribution in [2.24, 2.45) is 0 Å². The average Bonchev–Trinajstić information content (AvgIpc) is 3.68. The van der Waals surface area contributed by atoms with Crippen LogP contribution in [0.15, 0.2) is 109 Å². The molecule has 2 N–H and O–H groups in total. The van der Waals surface area contributed by atoms with E-state index in [1.807, 2.05) is 60.7 Å². The summed E-state index contributed by atoms with van der Waals surface area (Å²) in [4.78, 5) is 12.8. The minimum Gasteiger partial charge on any atom is -0.489 e. The Bertz CT molecular complexity index is 1220. The van der Waals surface area contributed by atoms with Crippen LogP contribution in [-0.2, 0) is 13.2 Å². The van der Waals surface area contributed by atoms with E-state index >= 15 is 0 Å². The number of rotatable bonds is 9. The zero-order chi connectivity index (χ0) is 23.2. The van der Waals surface area contributed by atoms with Crippen molar-refractivity contribution >= 4 is 11.6 Å². The second kappa shape index (κ2) is 10.4. The molecule has 2 atom stereocenters. The number of hydrogen-bond donors (Lipinski definition) is 2. The minimum atomic E-state index is -0.147. The van der Waals surface area contributed by atoms with E-state index < -0.39 is 0 Å². The summed E-state index contributed by atoms with van der Waals surface area (Å²) in [6.45, 7) is 1.36. The summed E-state index contributed by atoms with van der Waals surface area (Å²) in [6, 6.07) is 36.5. The summed E-state index contributed by atoms with van der Waals surface area (Å²) in [7, 11) is 0.